The van der Waals surface area contributed by atoms with Crippen LogP contribution in [0.1, 0.15) is 20.3 Å². The topological polar surface area (TPSA) is 92.7 Å². The van der Waals surface area contributed by atoms with Gasteiger partial charge in [0.25, 0.3) is 6.43 Å². The van der Waals surface area contributed by atoms with E-state index in [-0.39, 0.29) is 10.6 Å². The van der Waals surface area contributed by atoms with Crippen molar-refractivity contribution in [2.45, 2.75) is 37.6 Å². The third-order valence-corrected chi connectivity index (χ3v) is 4.73. The fourth-order valence-corrected chi connectivity index (χ4v) is 3.05. The number of sulfonamides is 1. The molecule has 6 nitrogen and oxygen atoms in total. The lowest BCUT2D eigenvalue weighted by molar-refractivity contribution is -0.140. The van der Waals surface area contributed by atoms with E-state index in [1.165, 1.54) is 24.3 Å². The number of carboxylic acid groups (broad SMARTS) is 1. The van der Waals surface area contributed by atoms with Crippen LogP contribution < -0.4 is 9.46 Å². The van der Waals surface area contributed by atoms with Gasteiger partial charge in [-0.3, -0.25) is 4.79 Å². The smallest absolute Gasteiger partial charge is 0.322 e. The first-order valence-electron chi connectivity index (χ1n) is 6.93. The lowest BCUT2D eigenvalue weighted by atomic mass is 10.0. The quantitative estimate of drug-likeness (QED) is 0.711. The fourth-order valence-electron chi connectivity index (χ4n) is 1.76. The Labute approximate surface area is 133 Å². The molecule has 0 spiro atoms. The Bertz CT molecular complexity index is 619. The first-order chi connectivity index (χ1) is 10.7. The van der Waals surface area contributed by atoms with E-state index in [1.54, 1.807) is 13.8 Å². The number of hydrogen-bond donors (Lipinski definition) is 2. The highest BCUT2D eigenvalue weighted by molar-refractivity contribution is 7.89. The van der Waals surface area contributed by atoms with Crippen molar-refractivity contribution in [1.29, 1.82) is 0 Å². The molecular formula is C14H19F2NO5S. The van der Waals surface area contributed by atoms with E-state index in [9.17, 15) is 22.0 Å². The summed E-state index contributed by atoms with van der Waals surface area (Å²) < 4.78 is 55.4. The molecular weight excluding hydrogens is 332 g/mol. The summed E-state index contributed by atoms with van der Waals surface area (Å²) in [7, 11) is -4.04. The van der Waals surface area contributed by atoms with E-state index < -0.39 is 41.0 Å². The van der Waals surface area contributed by atoms with Gasteiger partial charge in [0.05, 0.1) is 4.90 Å². The molecule has 0 aliphatic carbocycles. The molecule has 2 N–H and O–H groups in total. The second-order valence-electron chi connectivity index (χ2n) is 5.00. The van der Waals surface area contributed by atoms with Crippen LogP contribution in [0.4, 0.5) is 8.78 Å². The lowest BCUT2D eigenvalue weighted by Gasteiger charge is -2.20. The van der Waals surface area contributed by atoms with Gasteiger partial charge in [-0.15, -0.1) is 0 Å². The molecule has 0 bridgehead atoms. The Hall–Kier alpha value is -1.74. The van der Waals surface area contributed by atoms with Crippen LogP contribution in [0.15, 0.2) is 29.2 Å². The molecule has 1 aromatic rings. The minimum absolute atomic E-state index is 0.0981. The maximum absolute atomic E-state index is 12.2. The number of rotatable bonds is 9. The monoisotopic (exact) mass is 351 g/mol. The molecule has 0 radical (unpaired) electrons. The van der Waals surface area contributed by atoms with E-state index in [0.717, 1.165) is 0 Å². The zero-order valence-corrected chi connectivity index (χ0v) is 13.5. The maximum Gasteiger partial charge on any atom is 0.322 e. The second-order valence-corrected chi connectivity index (χ2v) is 6.71. The fraction of sp³-hybridized carbons (Fsp3) is 0.500. The number of hydrogen-bond acceptors (Lipinski definition) is 4. The third-order valence-electron chi connectivity index (χ3n) is 3.27. The molecule has 1 aromatic carbocycles. The molecule has 0 fully saturated rings. The first kappa shape index (κ1) is 19.3. The Morgan fingerprint density at radius 2 is 1.87 bits per heavy atom. The van der Waals surface area contributed by atoms with Gasteiger partial charge in [-0.05, 0) is 30.2 Å². The van der Waals surface area contributed by atoms with Gasteiger partial charge < -0.3 is 9.84 Å². The third kappa shape index (κ3) is 5.76. The predicted molar refractivity (Wildman–Crippen MR) is 79.1 cm³/mol. The summed E-state index contributed by atoms with van der Waals surface area (Å²) in [6, 6.07) is 3.54. The Balaban J connectivity index is 2.89. The van der Waals surface area contributed by atoms with Gasteiger partial charge in [-0.1, -0.05) is 20.3 Å². The van der Waals surface area contributed by atoms with Crippen molar-refractivity contribution in [3.63, 3.8) is 0 Å². The van der Waals surface area contributed by atoms with Gasteiger partial charge in [-0.2, -0.15) is 4.72 Å². The summed E-state index contributed by atoms with van der Waals surface area (Å²) in [6.07, 6.45) is -2.15. The van der Waals surface area contributed by atoms with Crippen LogP contribution >= 0.6 is 0 Å². The molecule has 1 rings (SSSR count). The number of nitrogens with one attached hydrogen (secondary N) is 1. The Morgan fingerprint density at radius 1 is 1.30 bits per heavy atom. The van der Waals surface area contributed by atoms with Gasteiger partial charge in [0.1, 0.15) is 18.4 Å². The minimum atomic E-state index is -4.04. The molecule has 2 atom stereocenters. The molecule has 0 unspecified atom stereocenters. The minimum Gasteiger partial charge on any atom is -0.488 e. The first-order valence-corrected chi connectivity index (χ1v) is 8.41. The van der Waals surface area contributed by atoms with Gasteiger partial charge >= 0.3 is 5.97 Å². The van der Waals surface area contributed by atoms with Crippen molar-refractivity contribution < 1.29 is 31.8 Å². The number of benzene rings is 1. The van der Waals surface area contributed by atoms with Crippen molar-refractivity contribution in [2.24, 2.45) is 5.92 Å². The zero-order valence-electron chi connectivity index (χ0n) is 12.7. The van der Waals surface area contributed by atoms with Crippen LogP contribution in [-0.4, -0.2) is 38.6 Å². The highest BCUT2D eigenvalue weighted by Gasteiger charge is 2.29. The normalized spacial score (nSPS) is 14.5. The maximum atomic E-state index is 12.2. The highest BCUT2D eigenvalue weighted by Crippen LogP contribution is 2.18. The highest BCUT2D eigenvalue weighted by atomic mass is 32.2. The SMILES string of the molecule is CC[C@H](C)[C@H](NS(=O)(=O)c1ccc(OCC(F)F)cc1)C(=O)O. The van der Waals surface area contributed by atoms with Crippen molar-refractivity contribution in [3.8, 4) is 5.75 Å². The van der Waals surface area contributed by atoms with E-state index in [0.29, 0.717) is 6.42 Å². The summed E-state index contributed by atoms with van der Waals surface area (Å²) >= 11 is 0. The summed E-state index contributed by atoms with van der Waals surface area (Å²) in [5, 5.41) is 9.13. The van der Waals surface area contributed by atoms with Crippen molar-refractivity contribution in [2.75, 3.05) is 6.61 Å². The van der Waals surface area contributed by atoms with Crippen LogP contribution in [-0.2, 0) is 14.8 Å². The van der Waals surface area contributed by atoms with Gasteiger partial charge in [0, 0.05) is 0 Å². The van der Waals surface area contributed by atoms with E-state index in [4.69, 9.17) is 9.84 Å². The molecule has 0 amide bonds. The molecule has 0 aromatic heterocycles. The standard InChI is InChI=1S/C14H19F2NO5S/c1-3-9(2)13(14(18)19)17-23(20,21)11-6-4-10(5-7-11)22-8-12(15)16/h4-7,9,12-13,17H,3,8H2,1-2H3,(H,18,19)/t9-,13-/m0/s1. The van der Waals surface area contributed by atoms with Crippen molar-refractivity contribution in [3.05, 3.63) is 24.3 Å². The number of alkyl halides is 2. The number of carboxylic acids is 1. The summed E-state index contributed by atoms with van der Waals surface area (Å²) in [5.41, 5.74) is 0. The zero-order chi connectivity index (χ0) is 17.6. The van der Waals surface area contributed by atoms with Gasteiger partial charge in [-0.25, -0.2) is 17.2 Å². The lowest BCUT2D eigenvalue weighted by Crippen LogP contribution is -2.44. The molecule has 0 saturated carbocycles. The van der Waals surface area contributed by atoms with Gasteiger partial charge in [0.15, 0.2) is 0 Å². The number of halogens is 2. The number of ether oxygens (including phenoxy) is 1. The molecule has 0 heterocycles. The second kappa shape index (κ2) is 8.21. The summed E-state index contributed by atoms with van der Waals surface area (Å²) in [5.74, 6) is -1.56. The molecule has 9 heteroatoms. The molecule has 0 aliphatic rings. The molecule has 0 saturated heterocycles. The Morgan fingerprint density at radius 3 is 2.30 bits per heavy atom. The summed E-state index contributed by atoms with van der Waals surface area (Å²) in [6.45, 7) is 2.59. The molecule has 130 valence electrons. The van der Waals surface area contributed by atoms with Crippen LogP contribution in [0, 0.1) is 5.92 Å². The van der Waals surface area contributed by atoms with Crippen molar-refractivity contribution >= 4 is 16.0 Å². The summed E-state index contributed by atoms with van der Waals surface area (Å²) in [4.78, 5) is 11.0. The van der Waals surface area contributed by atoms with Gasteiger partial charge in [0.2, 0.25) is 10.0 Å². The van der Waals surface area contributed by atoms with Crippen LogP contribution in [0.2, 0.25) is 0 Å². The Kier molecular flexibility index (Phi) is 6.89. The molecule has 23 heavy (non-hydrogen) atoms. The van der Waals surface area contributed by atoms with Crippen LogP contribution in [0.5, 0.6) is 5.75 Å². The van der Waals surface area contributed by atoms with E-state index in [2.05, 4.69) is 4.72 Å². The number of aliphatic carboxylic acids is 1. The van der Waals surface area contributed by atoms with Crippen LogP contribution in [0.3, 0.4) is 0 Å². The van der Waals surface area contributed by atoms with Crippen molar-refractivity contribution in [1.82, 2.24) is 4.72 Å². The predicted octanol–water partition coefficient (Wildman–Crippen LogP) is 2.11. The average Bonchev–Trinajstić information content (AvgIpc) is 2.50. The molecule has 0 aliphatic heterocycles. The van der Waals surface area contributed by atoms with E-state index in [1.807, 2.05) is 0 Å². The number of carbonyl (C=O) groups is 1. The van der Waals surface area contributed by atoms with E-state index >= 15 is 0 Å². The van der Waals surface area contributed by atoms with Crippen LogP contribution in [0.25, 0.3) is 0 Å². The average molecular weight is 351 g/mol. The largest absolute Gasteiger partial charge is 0.488 e.